The Hall–Kier alpha value is -2.81. The SMILES string of the molecule is [c]1cc(-c2ccc(C3CC3)cc2)n(Cc2ccc3[nH]cnc3c2)c1. The molecule has 0 amide bonds. The summed E-state index contributed by atoms with van der Waals surface area (Å²) in [6.07, 6.45) is 6.46. The van der Waals surface area contributed by atoms with Gasteiger partial charge in [0.25, 0.3) is 0 Å². The van der Waals surface area contributed by atoms with Gasteiger partial charge in [0.05, 0.1) is 17.4 Å². The Bertz CT molecular complexity index is 987. The molecule has 24 heavy (non-hydrogen) atoms. The van der Waals surface area contributed by atoms with Crippen molar-refractivity contribution in [3.05, 3.63) is 78.2 Å². The Morgan fingerprint density at radius 1 is 1.12 bits per heavy atom. The van der Waals surface area contributed by atoms with E-state index in [0.29, 0.717) is 0 Å². The lowest BCUT2D eigenvalue weighted by molar-refractivity contribution is 0.815. The number of benzene rings is 2. The van der Waals surface area contributed by atoms with E-state index < -0.39 is 0 Å². The molecule has 0 bridgehead atoms. The number of rotatable bonds is 4. The number of nitrogens with zero attached hydrogens (tertiary/aromatic N) is 2. The number of hydrogen-bond acceptors (Lipinski definition) is 1. The fourth-order valence-electron chi connectivity index (χ4n) is 3.35. The molecule has 3 nitrogen and oxygen atoms in total. The molecule has 1 radical (unpaired) electrons. The highest BCUT2D eigenvalue weighted by atomic mass is 15.0. The molecule has 1 N–H and O–H groups in total. The van der Waals surface area contributed by atoms with Crippen LogP contribution in [0.5, 0.6) is 0 Å². The summed E-state index contributed by atoms with van der Waals surface area (Å²) in [6.45, 7) is 0.825. The first-order chi connectivity index (χ1) is 11.9. The molecule has 0 spiro atoms. The molecule has 2 aromatic carbocycles. The summed E-state index contributed by atoms with van der Waals surface area (Å²) in [6, 6.07) is 20.7. The van der Waals surface area contributed by atoms with Crippen molar-refractivity contribution in [2.24, 2.45) is 0 Å². The first-order valence-electron chi connectivity index (χ1n) is 8.45. The van der Waals surface area contributed by atoms with E-state index in [4.69, 9.17) is 0 Å². The molecule has 2 heterocycles. The van der Waals surface area contributed by atoms with Gasteiger partial charge in [-0.2, -0.15) is 0 Å². The van der Waals surface area contributed by atoms with Crippen LogP contribution in [-0.2, 0) is 6.54 Å². The Balaban J connectivity index is 1.45. The second kappa shape index (κ2) is 5.38. The van der Waals surface area contributed by atoms with E-state index in [2.05, 4.69) is 69.1 Å². The summed E-state index contributed by atoms with van der Waals surface area (Å²) in [5.74, 6) is 0.804. The average Bonchev–Trinajstić information content (AvgIpc) is 3.19. The maximum atomic E-state index is 4.35. The highest BCUT2D eigenvalue weighted by Crippen LogP contribution is 2.40. The lowest BCUT2D eigenvalue weighted by Gasteiger charge is -2.10. The molecule has 0 atom stereocenters. The second-order valence-corrected chi connectivity index (χ2v) is 6.60. The molecular formula is C21H18N3. The van der Waals surface area contributed by atoms with Crippen LogP contribution in [0.2, 0.25) is 0 Å². The first-order valence-corrected chi connectivity index (χ1v) is 8.45. The van der Waals surface area contributed by atoms with Crippen LogP contribution >= 0.6 is 0 Å². The van der Waals surface area contributed by atoms with E-state index in [-0.39, 0.29) is 0 Å². The topological polar surface area (TPSA) is 33.6 Å². The van der Waals surface area contributed by atoms with Crippen LogP contribution < -0.4 is 0 Å². The largest absolute Gasteiger partial charge is 0.345 e. The Morgan fingerprint density at radius 2 is 2.00 bits per heavy atom. The van der Waals surface area contributed by atoms with Crippen LogP contribution in [0, 0.1) is 6.07 Å². The average molecular weight is 312 g/mol. The lowest BCUT2D eigenvalue weighted by Crippen LogP contribution is -2.00. The van der Waals surface area contributed by atoms with E-state index in [0.717, 1.165) is 23.5 Å². The Morgan fingerprint density at radius 3 is 2.83 bits per heavy atom. The zero-order valence-electron chi connectivity index (χ0n) is 13.4. The molecule has 2 aromatic heterocycles. The van der Waals surface area contributed by atoms with E-state index in [9.17, 15) is 0 Å². The summed E-state index contributed by atoms with van der Waals surface area (Å²) in [7, 11) is 0. The zero-order chi connectivity index (χ0) is 15.9. The van der Waals surface area contributed by atoms with Gasteiger partial charge in [0.15, 0.2) is 0 Å². The van der Waals surface area contributed by atoms with Crippen molar-refractivity contribution in [2.45, 2.75) is 25.3 Å². The molecule has 1 saturated carbocycles. The van der Waals surface area contributed by atoms with Crippen LogP contribution in [0.4, 0.5) is 0 Å². The van der Waals surface area contributed by atoms with Crippen LogP contribution in [0.3, 0.4) is 0 Å². The Kier molecular flexibility index (Phi) is 3.05. The molecule has 1 aliphatic rings. The van der Waals surface area contributed by atoms with E-state index in [1.165, 1.54) is 35.2 Å². The van der Waals surface area contributed by atoms with Crippen LogP contribution in [-0.4, -0.2) is 14.5 Å². The van der Waals surface area contributed by atoms with Gasteiger partial charge in [-0.25, -0.2) is 4.98 Å². The van der Waals surface area contributed by atoms with Gasteiger partial charge in [-0.15, -0.1) is 0 Å². The molecule has 1 aliphatic carbocycles. The van der Waals surface area contributed by atoms with Crippen molar-refractivity contribution in [3.8, 4) is 11.3 Å². The maximum Gasteiger partial charge on any atom is 0.0931 e. The molecule has 5 rings (SSSR count). The van der Waals surface area contributed by atoms with Crippen molar-refractivity contribution in [1.29, 1.82) is 0 Å². The van der Waals surface area contributed by atoms with Gasteiger partial charge in [-0.3, -0.25) is 0 Å². The maximum absolute atomic E-state index is 4.35. The second-order valence-electron chi connectivity index (χ2n) is 6.60. The van der Waals surface area contributed by atoms with Crippen molar-refractivity contribution in [3.63, 3.8) is 0 Å². The smallest absolute Gasteiger partial charge is 0.0931 e. The Labute approximate surface area is 141 Å². The number of aromatic nitrogens is 3. The third-order valence-corrected chi connectivity index (χ3v) is 4.85. The van der Waals surface area contributed by atoms with Crippen LogP contribution in [0.1, 0.15) is 29.9 Å². The number of H-pyrrole nitrogens is 1. The van der Waals surface area contributed by atoms with Crippen molar-refractivity contribution >= 4 is 11.0 Å². The minimum absolute atomic E-state index is 0.804. The number of fused-ring (bicyclic) bond motifs is 1. The highest BCUT2D eigenvalue weighted by molar-refractivity contribution is 5.75. The van der Waals surface area contributed by atoms with E-state index in [1.807, 2.05) is 6.20 Å². The predicted octanol–water partition coefficient (Wildman–Crippen LogP) is 4.76. The molecule has 3 heteroatoms. The molecular weight excluding hydrogens is 294 g/mol. The molecule has 0 unspecified atom stereocenters. The van der Waals surface area contributed by atoms with Gasteiger partial charge in [0, 0.05) is 24.5 Å². The van der Waals surface area contributed by atoms with Gasteiger partial charge in [-0.05, 0) is 53.6 Å². The molecule has 117 valence electrons. The monoisotopic (exact) mass is 312 g/mol. The quantitative estimate of drug-likeness (QED) is 0.579. The first kappa shape index (κ1) is 13.6. The third kappa shape index (κ3) is 2.42. The molecule has 1 fully saturated rings. The summed E-state index contributed by atoms with van der Waals surface area (Å²) >= 11 is 0. The van der Waals surface area contributed by atoms with Gasteiger partial charge in [0.1, 0.15) is 0 Å². The van der Waals surface area contributed by atoms with Crippen LogP contribution in [0.25, 0.3) is 22.3 Å². The van der Waals surface area contributed by atoms with E-state index in [1.54, 1.807) is 6.33 Å². The summed E-state index contributed by atoms with van der Waals surface area (Å²) < 4.78 is 2.25. The van der Waals surface area contributed by atoms with Crippen LogP contribution in [0.15, 0.2) is 61.1 Å². The summed E-state index contributed by atoms with van der Waals surface area (Å²) in [5, 5.41) is 0. The normalized spacial score (nSPS) is 14.3. The summed E-state index contributed by atoms with van der Waals surface area (Å²) in [5.41, 5.74) is 7.27. The highest BCUT2D eigenvalue weighted by Gasteiger charge is 2.23. The molecule has 0 saturated heterocycles. The van der Waals surface area contributed by atoms with Gasteiger partial charge in [0.2, 0.25) is 0 Å². The van der Waals surface area contributed by atoms with E-state index >= 15 is 0 Å². The minimum atomic E-state index is 0.804. The number of aromatic amines is 1. The molecule has 4 aromatic rings. The third-order valence-electron chi connectivity index (χ3n) is 4.85. The number of nitrogens with one attached hydrogen (secondary N) is 1. The predicted molar refractivity (Wildman–Crippen MR) is 95.9 cm³/mol. The summed E-state index contributed by atoms with van der Waals surface area (Å²) in [4.78, 5) is 7.49. The molecule has 0 aliphatic heterocycles. The number of imidazole rings is 1. The number of hydrogen-bond donors (Lipinski definition) is 1. The van der Waals surface area contributed by atoms with Crippen molar-refractivity contribution < 1.29 is 0 Å². The standard InChI is InChI=1S/C21H18N3/c1-2-21(18-8-6-17(7-9-18)16-4-5-16)24(11-1)13-15-3-10-19-20(12-15)23-14-22-19/h2-3,6-12,14,16H,4-5,13H2,(H,22,23). The zero-order valence-corrected chi connectivity index (χ0v) is 13.4. The fourth-order valence-corrected chi connectivity index (χ4v) is 3.35. The van der Waals surface area contributed by atoms with Crippen molar-refractivity contribution in [2.75, 3.05) is 0 Å². The van der Waals surface area contributed by atoms with Crippen molar-refractivity contribution in [1.82, 2.24) is 14.5 Å². The van der Waals surface area contributed by atoms with Gasteiger partial charge >= 0.3 is 0 Å². The fraction of sp³-hybridized carbons (Fsp3) is 0.190. The van der Waals surface area contributed by atoms with Gasteiger partial charge < -0.3 is 9.55 Å². The lowest BCUT2D eigenvalue weighted by atomic mass is 10.1. The van der Waals surface area contributed by atoms with Gasteiger partial charge in [-0.1, -0.05) is 30.3 Å². The minimum Gasteiger partial charge on any atom is -0.345 e.